The molecule has 0 spiro atoms. The average Bonchev–Trinajstić information content (AvgIpc) is 2.91. The number of benzene rings is 1. The second kappa shape index (κ2) is 9.13. The molecule has 3 amide bonds. The Hall–Kier alpha value is -2.33. The molecule has 1 N–H and O–H groups in total. The van der Waals surface area contributed by atoms with E-state index in [0.717, 1.165) is 9.80 Å². The predicted octanol–water partition coefficient (Wildman–Crippen LogP) is 5.87. The van der Waals surface area contributed by atoms with Crippen LogP contribution in [0.4, 0.5) is 20.1 Å². The summed E-state index contributed by atoms with van der Waals surface area (Å²) in [6.45, 7) is 15.1. The fraction of sp³-hybridized carbons (Fsp3) is 0.609. The number of nitrogens with zero attached hydrogens (tertiary/aromatic N) is 2. The van der Waals surface area contributed by atoms with Crippen molar-refractivity contribution in [3.63, 3.8) is 0 Å². The minimum atomic E-state index is -1.34. The van der Waals surface area contributed by atoms with Crippen molar-refractivity contribution in [3.05, 3.63) is 27.7 Å². The van der Waals surface area contributed by atoms with Crippen molar-refractivity contribution in [2.75, 3.05) is 4.90 Å². The number of aliphatic hydroxyl groups excluding tert-OH is 1. The van der Waals surface area contributed by atoms with Crippen LogP contribution in [-0.2, 0) is 20.8 Å². The number of anilines is 1. The van der Waals surface area contributed by atoms with Gasteiger partial charge in [-0.2, -0.15) is 4.90 Å². The summed E-state index contributed by atoms with van der Waals surface area (Å²) in [5.41, 5.74) is -1.66. The minimum absolute atomic E-state index is 0.0950. The van der Waals surface area contributed by atoms with Gasteiger partial charge < -0.3 is 19.3 Å². The van der Waals surface area contributed by atoms with Crippen molar-refractivity contribution in [2.45, 2.75) is 91.9 Å². The lowest BCUT2D eigenvalue weighted by Crippen LogP contribution is -2.44. The Morgan fingerprint density at radius 2 is 1.36 bits per heavy atom. The molecule has 33 heavy (non-hydrogen) atoms. The zero-order valence-corrected chi connectivity index (χ0v) is 22.2. The fourth-order valence-electron chi connectivity index (χ4n) is 3.06. The Labute approximate surface area is 203 Å². The Morgan fingerprint density at radius 3 is 1.79 bits per heavy atom. The number of rotatable bonds is 1. The van der Waals surface area contributed by atoms with E-state index in [4.69, 9.17) is 14.2 Å². The predicted molar refractivity (Wildman–Crippen MR) is 126 cm³/mol. The van der Waals surface area contributed by atoms with E-state index in [0.29, 0.717) is 15.6 Å². The van der Waals surface area contributed by atoms with Crippen LogP contribution in [0.2, 0.25) is 0 Å². The van der Waals surface area contributed by atoms with E-state index in [1.54, 1.807) is 68.4 Å². The third kappa shape index (κ3) is 6.83. The lowest BCUT2D eigenvalue weighted by atomic mass is 10.1. The van der Waals surface area contributed by atoms with Crippen LogP contribution in [0, 0.1) is 0 Å². The molecule has 1 atom stereocenters. The molecular formula is C23H33BrN2O7. The average molecular weight is 529 g/mol. The first-order valence-corrected chi connectivity index (χ1v) is 11.3. The highest BCUT2D eigenvalue weighted by Gasteiger charge is 2.42. The molecule has 2 rings (SSSR count). The van der Waals surface area contributed by atoms with E-state index < -0.39 is 41.3 Å². The standard InChI is InChI=1S/C23H33BrN2O7/c1-21(2,3)31-18(28)25-12-13-15(11-10-14(24)16(13)17(25)27)26(19(29)32-22(4,5)6)20(30)33-23(7,8)9/h10-11,17,27H,12H2,1-9H3. The number of halogens is 1. The molecule has 1 aromatic carbocycles. The smallest absolute Gasteiger partial charge is 0.424 e. The minimum Gasteiger partial charge on any atom is -0.444 e. The second-order valence-electron chi connectivity index (χ2n) is 10.7. The third-order valence-corrected chi connectivity index (χ3v) is 4.87. The van der Waals surface area contributed by atoms with Crippen LogP contribution in [0.3, 0.4) is 0 Å². The quantitative estimate of drug-likeness (QED) is 0.454. The van der Waals surface area contributed by atoms with Gasteiger partial charge in [-0.25, -0.2) is 14.4 Å². The van der Waals surface area contributed by atoms with Crippen LogP contribution >= 0.6 is 15.9 Å². The van der Waals surface area contributed by atoms with Crippen LogP contribution < -0.4 is 4.90 Å². The topological polar surface area (TPSA) is 106 Å². The molecule has 10 heteroatoms. The van der Waals surface area contributed by atoms with Crippen molar-refractivity contribution in [1.29, 1.82) is 0 Å². The summed E-state index contributed by atoms with van der Waals surface area (Å²) in [6, 6.07) is 3.11. The van der Waals surface area contributed by atoms with Gasteiger partial charge in [0.1, 0.15) is 16.8 Å². The molecular weight excluding hydrogens is 496 g/mol. The third-order valence-electron chi connectivity index (χ3n) is 4.18. The Balaban J connectivity index is 2.56. The molecule has 1 heterocycles. The molecule has 0 fully saturated rings. The fourth-order valence-corrected chi connectivity index (χ4v) is 3.64. The van der Waals surface area contributed by atoms with Gasteiger partial charge in [0, 0.05) is 15.6 Å². The van der Waals surface area contributed by atoms with E-state index >= 15 is 0 Å². The zero-order chi connectivity index (χ0) is 25.5. The van der Waals surface area contributed by atoms with Crippen LogP contribution in [0.25, 0.3) is 0 Å². The van der Waals surface area contributed by atoms with Crippen molar-refractivity contribution in [2.24, 2.45) is 0 Å². The molecule has 0 aliphatic carbocycles. The SMILES string of the molecule is CC(C)(C)OC(=O)N(C(=O)OC(C)(C)C)c1ccc(Br)c2c1CN(C(=O)OC(C)(C)C)C2O. The van der Waals surface area contributed by atoms with Crippen LogP contribution in [0.1, 0.15) is 79.7 Å². The van der Waals surface area contributed by atoms with Gasteiger partial charge in [0.2, 0.25) is 0 Å². The Bertz CT molecular complexity index is 914. The Morgan fingerprint density at radius 1 is 0.909 bits per heavy atom. The summed E-state index contributed by atoms with van der Waals surface area (Å²) in [6.07, 6.45) is -3.95. The molecule has 0 saturated heterocycles. The summed E-state index contributed by atoms with van der Waals surface area (Å²) in [5, 5.41) is 10.9. The molecule has 1 aliphatic heterocycles. The molecule has 9 nitrogen and oxygen atoms in total. The van der Waals surface area contributed by atoms with Crippen molar-refractivity contribution >= 4 is 39.9 Å². The molecule has 0 radical (unpaired) electrons. The second-order valence-corrected chi connectivity index (χ2v) is 11.6. The number of amides is 3. The first-order chi connectivity index (χ1) is 14.8. The molecule has 184 valence electrons. The summed E-state index contributed by atoms with van der Waals surface area (Å²) in [5.74, 6) is 0. The van der Waals surface area contributed by atoms with Crippen molar-refractivity contribution < 1.29 is 33.7 Å². The summed E-state index contributed by atoms with van der Waals surface area (Å²) >= 11 is 3.39. The van der Waals surface area contributed by atoms with E-state index in [2.05, 4.69) is 15.9 Å². The van der Waals surface area contributed by atoms with Gasteiger partial charge in [-0.3, -0.25) is 4.90 Å². The lowest BCUT2D eigenvalue weighted by Gasteiger charge is -2.29. The molecule has 1 aliphatic rings. The van der Waals surface area contributed by atoms with Gasteiger partial charge in [0.25, 0.3) is 0 Å². The normalized spacial score (nSPS) is 16.2. The summed E-state index contributed by atoms with van der Waals surface area (Å²) in [4.78, 5) is 40.8. The van der Waals surface area contributed by atoms with E-state index in [1.165, 1.54) is 6.07 Å². The number of fused-ring (bicyclic) bond motifs is 1. The molecule has 1 aromatic rings. The monoisotopic (exact) mass is 528 g/mol. The van der Waals surface area contributed by atoms with E-state index in [1.807, 2.05) is 0 Å². The summed E-state index contributed by atoms with van der Waals surface area (Å²) in [7, 11) is 0. The molecule has 0 saturated carbocycles. The molecule has 0 aromatic heterocycles. The maximum absolute atomic E-state index is 13.1. The number of aliphatic hydroxyl groups is 1. The first kappa shape index (κ1) is 26.9. The van der Waals surface area contributed by atoms with Crippen LogP contribution in [-0.4, -0.2) is 45.1 Å². The number of hydrogen-bond donors (Lipinski definition) is 1. The first-order valence-electron chi connectivity index (χ1n) is 10.6. The van der Waals surface area contributed by atoms with Crippen LogP contribution in [0.15, 0.2) is 16.6 Å². The maximum Gasteiger partial charge on any atom is 0.424 e. The van der Waals surface area contributed by atoms with Crippen molar-refractivity contribution in [1.82, 2.24) is 4.90 Å². The number of hydrogen-bond acceptors (Lipinski definition) is 7. The summed E-state index contributed by atoms with van der Waals surface area (Å²) < 4.78 is 16.8. The largest absolute Gasteiger partial charge is 0.444 e. The lowest BCUT2D eigenvalue weighted by molar-refractivity contribution is -0.0259. The highest BCUT2D eigenvalue weighted by Crippen LogP contribution is 2.43. The van der Waals surface area contributed by atoms with Gasteiger partial charge in [0.05, 0.1) is 12.2 Å². The van der Waals surface area contributed by atoms with Gasteiger partial charge in [-0.05, 0) is 74.4 Å². The Kier molecular flexibility index (Phi) is 7.45. The van der Waals surface area contributed by atoms with Gasteiger partial charge in [-0.1, -0.05) is 15.9 Å². The van der Waals surface area contributed by atoms with E-state index in [9.17, 15) is 19.5 Å². The zero-order valence-electron chi connectivity index (χ0n) is 20.6. The van der Waals surface area contributed by atoms with Gasteiger partial charge in [-0.15, -0.1) is 0 Å². The number of carbonyl (C=O) groups excluding carboxylic acids is 3. The number of carbonyl (C=O) groups is 3. The highest BCUT2D eigenvalue weighted by atomic mass is 79.9. The number of ether oxygens (including phenoxy) is 3. The van der Waals surface area contributed by atoms with Crippen LogP contribution in [0.5, 0.6) is 0 Å². The van der Waals surface area contributed by atoms with E-state index in [-0.39, 0.29) is 12.2 Å². The highest BCUT2D eigenvalue weighted by molar-refractivity contribution is 9.10. The molecule has 1 unspecified atom stereocenters. The number of imide groups is 1. The van der Waals surface area contributed by atoms with Gasteiger partial charge in [0.15, 0.2) is 6.23 Å². The molecule has 0 bridgehead atoms. The van der Waals surface area contributed by atoms with Crippen molar-refractivity contribution in [3.8, 4) is 0 Å². The van der Waals surface area contributed by atoms with Gasteiger partial charge >= 0.3 is 18.3 Å². The maximum atomic E-state index is 13.1.